The van der Waals surface area contributed by atoms with Crippen molar-refractivity contribution in [2.24, 2.45) is 7.05 Å². The molecule has 0 saturated carbocycles. The van der Waals surface area contributed by atoms with Gasteiger partial charge in [-0.1, -0.05) is 6.92 Å². The third kappa shape index (κ3) is 3.83. The van der Waals surface area contributed by atoms with E-state index < -0.39 is 10.0 Å². The zero-order chi connectivity index (χ0) is 18.9. The van der Waals surface area contributed by atoms with Crippen LogP contribution in [0.5, 0.6) is 0 Å². The van der Waals surface area contributed by atoms with E-state index in [0.717, 1.165) is 40.8 Å². The fraction of sp³-hybridized carbons (Fsp3) is 0.353. The van der Waals surface area contributed by atoms with Gasteiger partial charge in [0.15, 0.2) is 0 Å². The van der Waals surface area contributed by atoms with Crippen molar-refractivity contribution in [2.75, 3.05) is 18.2 Å². The van der Waals surface area contributed by atoms with E-state index in [1.54, 1.807) is 18.7 Å². The van der Waals surface area contributed by atoms with Crippen molar-refractivity contribution in [3.05, 3.63) is 42.1 Å². The number of aryl methyl sites for hydroxylation is 2. The lowest BCUT2D eigenvalue weighted by Gasteiger charge is -2.21. The third-order valence-electron chi connectivity index (χ3n) is 4.22. The predicted octanol–water partition coefficient (Wildman–Crippen LogP) is 1.74. The minimum atomic E-state index is -3.25. The molecule has 138 valence electrons. The van der Waals surface area contributed by atoms with E-state index in [0.29, 0.717) is 5.69 Å². The SMILES string of the molecule is CCc1cc(CNS(C)(=O)=O)ncc1N(C)c1cc2c(cn1)ncn2C. The van der Waals surface area contributed by atoms with Crippen LogP contribution in [-0.2, 0) is 30.0 Å². The second-order valence-corrected chi connectivity index (χ2v) is 8.03. The molecule has 0 aliphatic heterocycles. The highest BCUT2D eigenvalue weighted by Gasteiger charge is 2.13. The molecule has 0 aliphatic rings. The summed E-state index contributed by atoms with van der Waals surface area (Å²) in [6.45, 7) is 2.23. The number of nitrogens with one attached hydrogen (secondary N) is 1. The topological polar surface area (TPSA) is 93.0 Å². The Morgan fingerprint density at radius 1 is 1.19 bits per heavy atom. The Morgan fingerprint density at radius 2 is 1.96 bits per heavy atom. The minimum absolute atomic E-state index is 0.176. The van der Waals surface area contributed by atoms with Crippen LogP contribution < -0.4 is 9.62 Å². The molecule has 3 aromatic rings. The van der Waals surface area contributed by atoms with Crippen molar-refractivity contribution in [1.82, 2.24) is 24.2 Å². The number of sulfonamides is 1. The Kier molecular flexibility index (Phi) is 4.92. The standard InChI is InChI=1S/C17H22N6O2S/c1-5-12-6-13(8-21-26(4,24)25)18-10-16(12)23(3)17-7-15-14(9-19-17)20-11-22(15)2/h6-7,9-11,21H,5,8H2,1-4H3. The van der Waals surface area contributed by atoms with E-state index >= 15 is 0 Å². The Bertz CT molecular complexity index is 1040. The van der Waals surface area contributed by atoms with Crippen molar-refractivity contribution in [3.63, 3.8) is 0 Å². The van der Waals surface area contributed by atoms with Crippen LogP contribution in [0.25, 0.3) is 11.0 Å². The second kappa shape index (κ2) is 7.00. The molecule has 1 N–H and O–H groups in total. The lowest BCUT2D eigenvalue weighted by atomic mass is 10.1. The van der Waals surface area contributed by atoms with E-state index in [1.807, 2.05) is 35.7 Å². The van der Waals surface area contributed by atoms with Gasteiger partial charge in [-0.25, -0.2) is 23.1 Å². The molecule has 9 heteroatoms. The number of aromatic nitrogens is 4. The average Bonchev–Trinajstić information content (AvgIpc) is 2.99. The summed E-state index contributed by atoms with van der Waals surface area (Å²) in [5.41, 5.74) is 4.53. The number of pyridine rings is 2. The van der Waals surface area contributed by atoms with Crippen molar-refractivity contribution < 1.29 is 8.42 Å². The van der Waals surface area contributed by atoms with Gasteiger partial charge in [-0.3, -0.25) is 4.98 Å². The Hall–Kier alpha value is -2.52. The number of nitrogens with zero attached hydrogens (tertiary/aromatic N) is 5. The van der Waals surface area contributed by atoms with Gasteiger partial charge in [0.05, 0.1) is 48.4 Å². The number of imidazole rings is 1. The van der Waals surface area contributed by atoms with Gasteiger partial charge in [0, 0.05) is 20.2 Å². The first-order valence-electron chi connectivity index (χ1n) is 8.21. The highest BCUT2D eigenvalue weighted by atomic mass is 32.2. The molecule has 3 aromatic heterocycles. The average molecular weight is 374 g/mol. The summed E-state index contributed by atoms with van der Waals surface area (Å²) < 4.78 is 27.0. The van der Waals surface area contributed by atoms with Crippen LogP contribution in [0.15, 0.2) is 30.9 Å². The smallest absolute Gasteiger partial charge is 0.209 e. The molecule has 0 spiro atoms. The number of rotatable bonds is 6. The van der Waals surface area contributed by atoms with Gasteiger partial charge < -0.3 is 9.47 Å². The maximum atomic E-state index is 11.3. The van der Waals surface area contributed by atoms with Crippen LogP contribution in [0.1, 0.15) is 18.2 Å². The molecular weight excluding hydrogens is 352 g/mol. The first-order valence-corrected chi connectivity index (χ1v) is 10.1. The first-order chi connectivity index (χ1) is 12.3. The van der Waals surface area contributed by atoms with E-state index in [4.69, 9.17) is 0 Å². The predicted molar refractivity (Wildman–Crippen MR) is 102 cm³/mol. The Labute approximate surface area is 153 Å². The van der Waals surface area contributed by atoms with Gasteiger partial charge in [0.1, 0.15) is 11.3 Å². The van der Waals surface area contributed by atoms with Crippen molar-refractivity contribution in [3.8, 4) is 0 Å². The Morgan fingerprint density at radius 3 is 2.65 bits per heavy atom. The number of hydrogen-bond acceptors (Lipinski definition) is 6. The summed E-state index contributed by atoms with van der Waals surface area (Å²) in [6, 6.07) is 3.91. The van der Waals surface area contributed by atoms with Crippen molar-refractivity contribution in [2.45, 2.75) is 19.9 Å². The van der Waals surface area contributed by atoms with Crippen molar-refractivity contribution >= 4 is 32.6 Å². The number of anilines is 2. The molecule has 0 aliphatic carbocycles. The van der Waals surface area contributed by atoms with Crippen LogP contribution >= 0.6 is 0 Å². The highest BCUT2D eigenvalue weighted by molar-refractivity contribution is 7.88. The van der Waals surface area contributed by atoms with Gasteiger partial charge in [-0.15, -0.1) is 0 Å². The molecule has 0 aromatic carbocycles. The molecule has 0 amide bonds. The van der Waals surface area contributed by atoms with E-state index in [1.165, 1.54) is 0 Å². The maximum absolute atomic E-state index is 11.3. The van der Waals surface area contributed by atoms with Crippen LogP contribution in [0.4, 0.5) is 11.5 Å². The van der Waals surface area contributed by atoms with Gasteiger partial charge in [0.2, 0.25) is 10.0 Å². The molecular formula is C17H22N6O2S. The molecule has 3 heterocycles. The molecule has 26 heavy (non-hydrogen) atoms. The summed E-state index contributed by atoms with van der Waals surface area (Å²) in [4.78, 5) is 15.2. The molecule has 0 radical (unpaired) electrons. The molecule has 0 atom stereocenters. The second-order valence-electron chi connectivity index (χ2n) is 6.20. The van der Waals surface area contributed by atoms with Gasteiger partial charge in [-0.05, 0) is 18.1 Å². The lowest BCUT2D eigenvalue weighted by Crippen LogP contribution is -2.22. The summed E-state index contributed by atoms with van der Waals surface area (Å²) >= 11 is 0. The fourth-order valence-corrected chi connectivity index (χ4v) is 3.16. The number of fused-ring (bicyclic) bond motifs is 1. The van der Waals surface area contributed by atoms with E-state index in [2.05, 4.69) is 26.6 Å². The van der Waals surface area contributed by atoms with Crippen molar-refractivity contribution in [1.29, 1.82) is 0 Å². The molecule has 0 saturated heterocycles. The summed E-state index contributed by atoms with van der Waals surface area (Å²) in [6.07, 6.45) is 7.20. The zero-order valence-electron chi connectivity index (χ0n) is 15.3. The quantitative estimate of drug-likeness (QED) is 0.706. The lowest BCUT2D eigenvalue weighted by molar-refractivity contribution is 0.586. The highest BCUT2D eigenvalue weighted by Crippen LogP contribution is 2.27. The van der Waals surface area contributed by atoms with Crippen LogP contribution in [0, 0.1) is 0 Å². The minimum Gasteiger partial charge on any atom is -0.334 e. The third-order valence-corrected chi connectivity index (χ3v) is 4.89. The van der Waals surface area contributed by atoms with Gasteiger partial charge >= 0.3 is 0 Å². The zero-order valence-corrected chi connectivity index (χ0v) is 16.1. The van der Waals surface area contributed by atoms with Crippen LogP contribution in [0.2, 0.25) is 0 Å². The monoisotopic (exact) mass is 374 g/mol. The van der Waals surface area contributed by atoms with Crippen LogP contribution in [0.3, 0.4) is 0 Å². The molecule has 0 fully saturated rings. The molecule has 0 bridgehead atoms. The molecule has 3 rings (SSSR count). The summed E-state index contributed by atoms with van der Waals surface area (Å²) in [5.74, 6) is 0.791. The summed E-state index contributed by atoms with van der Waals surface area (Å²) in [5, 5.41) is 0. The maximum Gasteiger partial charge on any atom is 0.209 e. The normalized spacial score (nSPS) is 11.8. The largest absolute Gasteiger partial charge is 0.334 e. The summed E-state index contributed by atoms with van der Waals surface area (Å²) in [7, 11) is 0.636. The van der Waals surface area contributed by atoms with E-state index in [9.17, 15) is 8.42 Å². The first kappa shape index (κ1) is 18.3. The fourth-order valence-electron chi connectivity index (χ4n) is 2.75. The molecule has 0 unspecified atom stereocenters. The van der Waals surface area contributed by atoms with Crippen LogP contribution in [-0.4, -0.2) is 41.2 Å². The number of hydrogen-bond donors (Lipinski definition) is 1. The van der Waals surface area contributed by atoms with Gasteiger partial charge in [-0.2, -0.15) is 0 Å². The Balaban J connectivity index is 1.92. The van der Waals surface area contributed by atoms with Gasteiger partial charge in [0.25, 0.3) is 0 Å². The molecule has 8 nitrogen and oxygen atoms in total. The van der Waals surface area contributed by atoms with E-state index in [-0.39, 0.29) is 6.54 Å².